The molecule has 0 aliphatic rings. The highest BCUT2D eigenvalue weighted by Crippen LogP contribution is 2.27. The van der Waals surface area contributed by atoms with E-state index in [0.717, 1.165) is 12.1 Å². The number of aromatic nitrogens is 2. The fourth-order valence-electron chi connectivity index (χ4n) is 2.32. The standard InChI is InChI=1S/C18H13F2N5O/c19-12-4-1-11(15(20)7-12)9-26-13-5-2-10(3-6-13)16-14(8-21)17(22)25-18(23)24-16/h1-7H,9H2,(H4,22,23,24,25). The predicted octanol–water partition coefficient (Wildman–Crippen LogP) is 3.04. The Hall–Kier alpha value is -3.73. The third-order valence-corrected chi connectivity index (χ3v) is 3.60. The molecule has 0 unspecified atom stereocenters. The van der Waals surface area contributed by atoms with Crippen LogP contribution in [0.3, 0.4) is 0 Å². The highest BCUT2D eigenvalue weighted by molar-refractivity contribution is 5.73. The summed E-state index contributed by atoms with van der Waals surface area (Å²) in [6.45, 7) is -0.0533. The van der Waals surface area contributed by atoms with Crippen LogP contribution in [0.4, 0.5) is 20.5 Å². The molecule has 8 heteroatoms. The molecule has 0 amide bonds. The predicted molar refractivity (Wildman–Crippen MR) is 91.7 cm³/mol. The van der Waals surface area contributed by atoms with E-state index in [1.807, 2.05) is 6.07 Å². The van der Waals surface area contributed by atoms with Gasteiger partial charge in [-0.3, -0.25) is 0 Å². The van der Waals surface area contributed by atoms with Crippen molar-refractivity contribution in [3.63, 3.8) is 0 Å². The maximum atomic E-state index is 13.6. The van der Waals surface area contributed by atoms with Crippen LogP contribution in [0.1, 0.15) is 11.1 Å². The lowest BCUT2D eigenvalue weighted by molar-refractivity contribution is 0.299. The first-order valence-corrected chi connectivity index (χ1v) is 7.48. The van der Waals surface area contributed by atoms with Crippen LogP contribution in [0.25, 0.3) is 11.3 Å². The Morgan fingerprint density at radius 1 is 1.04 bits per heavy atom. The largest absolute Gasteiger partial charge is 0.489 e. The van der Waals surface area contributed by atoms with E-state index in [4.69, 9.17) is 16.2 Å². The van der Waals surface area contributed by atoms with E-state index in [0.29, 0.717) is 17.0 Å². The van der Waals surface area contributed by atoms with Crippen LogP contribution in [0.5, 0.6) is 5.75 Å². The summed E-state index contributed by atoms with van der Waals surface area (Å²) in [5.41, 5.74) is 12.6. The van der Waals surface area contributed by atoms with Crippen molar-refractivity contribution in [3.8, 4) is 23.1 Å². The van der Waals surface area contributed by atoms with E-state index < -0.39 is 11.6 Å². The second-order valence-corrected chi connectivity index (χ2v) is 5.35. The molecule has 130 valence electrons. The molecule has 3 rings (SSSR count). The van der Waals surface area contributed by atoms with E-state index in [2.05, 4.69) is 9.97 Å². The van der Waals surface area contributed by atoms with E-state index in [-0.39, 0.29) is 29.5 Å². The Kier molecular flexibility index (Phi) is 4.62. The third-order valence-electron chi connectivity index (χ3n) is 3.60. The molecule has 3 aromatic rings. The zero-order valence-corrected chi connectivity index (χ0v) is 13.4. The molecule has 0 saturated heterocycles. The molecule has 0 aliphatic heterocycles. The molecular formula is C18H13F2N5O. The van der Waals surface area contributed by atoms with Gasteiger partial charge in [0.05, 0.1) is 5.69 Å². The van der Waals surface area contributed by atoms with Crippen LogP contribution in [-0.2, 0) is 6.61 Å². The lowest BCUT2D eigenvalue weighted by Gasteiger charge is -2.09. The molecule has 6 nitrogen and oxygen atoms in total. The van der Waals surface area contributed by atoms with Gasteiger partial charge < -0.3 is 16.2 Å². The summed E-state index contributed by atoms with van der Waals surface area (Å²) in [7, 11) is 0. The lowest BCUT2D eigenvalue weighted by atomic mass is 10.1. The molecule has 0 fully saturated rings. The Morgan fingerprint density at radius 3 is 2.42 bits per heavy atom. The molecule has 1 aromatic heterocycles. The van der Waals surface area contributed by atoms with Gasteiger partial charge >= 0.3 is 0 Å². The molecule has 0 saturated carbocycles. The van der Waals surface area contributed by atoms with Gasteiger partial charge in [0.15, 0.2) is 0 Å². The number of hydrogen-bond donors (Lipinski definition) is 2. The zero-order chi connectivity index (χ0) is 18.7. The Balaban J connectivity index is 1.80. The lowest BCUT2D eigenvalue weighted by Crippen LogP contribution is -2.05. The fourth-order valence-corrected chi connectivity index (χ4v) is 2.32. The molecular weight excluding hydrogens is 340 g/mol. The first-order chi connectivity index (χ1) is 12.5. The van der Waals surface area contributed by atoms with Crippen LogP contribution < -0.4 is 16.2 Å². The fraction of sp³-hybridized carbons (Fsp3) is 0.0556. The van der Waals surface area contributed by atoms with Crippen LogP contribution in [0.15, 0.2) is 42.5 Å². The van der Waals surface area contributed by atoms with Crippen molar-refractivity contribution in [2.45, 2.75) is 6.61 Å². The Bertz CT molecular complexity index is 1000. The summed E-state index contributed by atoms with van der Waals surface area (Å²) < 4.78 is 32.0. The number of nitriles is 1. The van der Waals surface area contributed by atoms with Gasteiger partial charge in [0, 0.05) is 17.2 Å². The minimum Gasteiger partial charge on any atom is -0.489 e. The average Bonchev–Trinajstić information content (AvgIpc) is 2.61. The molecule has 0 aliphatic carbocycles. The van der Waals surface area contributed by atoms with Gasteiger partial charge in [0.1, 0.15) is 41.4 Å². The normalized spacial score (nSPS) is 10.3. The van der Waals surface area contributed by atoms with Crippen LogP contribution >= 0.6 is 0 Å². The topological polar surface area (TPSA) is 111 Å². The molecule has 0 radical (unpaired) electrons. The van der Waals surface area contributed by atoms with Gasteiger partial charge in [0.25, 0.3) is 0 Å². The minimum absolute atomic E-state index is 0.00196. The summed E-state index contributed by atoms with van der Waals surface area (Å²) in [5, 5.41) is 9.22. The van der Waals surface area contributed by atoms with Crippen molar-refractivity contribution in [1.29, 1.82) is 5.26 Å². The summed E-state index contributed by atoms with van der Waals surface area (Å²) >= 11 is 0. The van der Waals surface area contributed by atoms with Crippen molar-refractivity contribution in [1.82, 2.24) is 9.97 Å². The number of nitrogens with two attached hydrogens (primary N) is 2. The highest BCUT2D eigenvalue weighted by atomic mass is 19.1. The van der Waals surface area contributed by atoms with Crippen LogP contribution in [0, 0.1) is 23.0 Å². The van der Waals surface area contributed by atoms with Crippen LogP contribution in [0.2, 0.25) is 0 Å². The second kappa shape index (κ2) is 7.03. The quantitative estimate of drug-likeness (QED) is 0.746. The molecule has 0 bridgehead atoms. The SMILES string of the molecule is N#Cc1c(N)nc(N)nc1-c1ccc(OCc2ccc(F)cc2F)cc1. The first kappa shape index (κ1) is 17.1. The number of rotatable bonds is 4. The molecule has 0 atom stereocenters. The summed E-state index contributed by atoms with van der Waals surface area (Å²) in [6, 6.07) is 11.8. The number of halogens is 2. The number of ether oxygens (including phenoxy) is 1. The smallest absolute Gasteiger partial charge is 0.222 e. The van der Waals surface area contributed by atoms with E-state index in [9.17, 15) is 14.0 Å². The first-order valence-electron chi connectivity index (χ1n) is 7.48. The van der Waals surface area contributed by atoms with E-state index in [1.54, 1.807) is 24.3 Å². The van der Waals surface area contributed by atoms with Crippen molar-refractivity contribution in [2.24, 2.45) is 0 Å². The highest BCUT2D eigenvalue weighted by Gasteiger charge is 2.13. The number of anilines is 2. The Morgan fingerprint density at radius 2 is 1.77 bits per heavy atom. The summed E-state index contributed by atoms with van der Waals surface area (Å²) in [4.78, 5) is 7.82. The molecule has 0 spiro atoms. The minimum atomic E-state index is -0.674. The van der Waals surface area contributed by atoms with Gasteiger partial charge in [-0.15, -0.1) is 0 Å². The van der Waals surface area contributed by atoms with Gasteiger partial charge in [-0.25, -0.2) is 13.8 Å². The molecule has 2 aromatic carbocycles. The monoisotopic (exact) mass is 353 g/mol. The number of nitrogens with zero attached hydrogens (tertiary/aromatic N) is 3. The molecule has 26 heavy (non-hydrogen) atoms. The van der Waals surface area contributed by atoms with E-state index in [1.165, 1.54) is 6.07 Å². The Labute approximate surface area is 147 Å². The zero-order valence-electron chi connectivity index (χ0n) is 13.4. The maximum absolute atomic E-state index is 13.6. The molecule has 4 N–H and O–H groups in total. The number of nitrogen functional groups attached to an aromatic ring is 2. The van der Waals surface area contributed by atoms with Crippen molar-refractivity contribution >= 4 is 11.8 Å². The van der Waals surface area contributed by atoms with Gasteiger partial charge in [-0.05, 0) is 36.4 Å². The number of hydrogen-bond acceptors (Lipinski definition) is 6. The van der Waals surface area contributed by atoms with Crippen molar-refractivity contribution in [3.05, 3.63) is 65.2 Å². The van der Waals surface area contributed by atoms with Crippen LogP contribution in [-0.4, -0.2) is 9.97 Å². The summed E-state index contributed by atoms with van der Waals surface area (Å²) in [6.07, 6.45) is 0. The maximum Gasteiger partial charge on any atom is 0.222 e. The average molecular weight is 353 g/mol. The number of benzene rings is 2. The second-order valence-electron chi connectivity index (χ2n) is 5.35. The van der Waals surface area contributed by atoms with Gasteiger partial charge in [0.2, 0.25) is 5.95 Å². The summed E-state index contributed by atoms with van der Waals surface area (Å²) in [5.74, 6) is -0.892. The van der Waals surface area contributed by atoms with Crippen molar-refractivity contribution < 1.29 is 13.5 Å². The van der Waals surface area contributed by atoms with Gasteiger partial charge in [-0.2, -0.15) is 10.2 Å². The van der Waals surface area contributed by atoms with Crippen molar-refractivity contribution in [2.75, 3.05) is 11.5 Å². The van der Waals surface area contributed by atoms with E-state index >= 15 is 0 Å². The molecule has 1 heterocycles. The van der Waals surface area contributed by atoms with Gasteiger partial charge in [-0.1, -0.05) is 0 Å². The third kappa shape index (κ3) is 3.52.